The Hall–Kier alpha value is -1.89. The maximum atomic E-state index is 9.13. The van der Waals surface area contributed by atoms with Crippen molar-refractivity contribution in [3.63, 3.8) is 0 Å². The summed E-state index contributed by atoms with van der Waals surface area (Å²) in [5, 5.41) is 9.13. The van der Waals surface area contributed by atoms with Crippen molar-refractivity contribution in [2.45, 2.75) is 13.8 Å². The van der Waals surface area contributed by atoms with Gasteiger partial charge in [-0.2, -0.15) is 5.26 Å². The van der Waals surface area contributed by atoms with Gasteiger partial charge in [0.1, 0.15) is 0 Å². The highest BCUT2D eigenvalue weighted by Gasteiger charge is 2.18. The zero-order chi connectivity index (χ0) is 13.1. The summed E-state index contributed by atoms with van der Waals surface area (Å²) < 4.78 is 10.6. The van der Waals surface area contributed by atoms with E-state index in [1.807, 2.05) is 25.2 Å². The van der Waals surface area contributed by atoms with Crippen LogP contribution in [0.2, 0.25) is 0 Å². The van der Waals surface area contributed by atoms with E-state index in [1.54, 1.807) is 0 Å². The number of fused-ring (bicyclic) bond motifs is 1. The smallest absolute Gasteiger partial charge is 0.231 e. The van der Waals surface area contributed by atoms with Gasteiger partial charge in [0.2, 0.25) is 6.79 Å². The molecule has 0 N–H and O–H groups in total. The van der Waals surface area contributed by atoms with Gasteiger partial charge in [0, 0.05) is 25.3 Å². The highest BCUT2D eigenvalue weighted by Crippen LogP contribution is 2.35. The Morgan fingerprint density at radius 2 is 2.06 bits per heavy atom. The van der Waals surface area contributed by atoms with E-state index in [4.69, 9.17) is 14.7 Å². The van der Waals surface area contributed by atoms with Gasteiger partial charge in [-0.15, -0.1) is 0 Å². The number of anilines is 1. The molecule has 18 heavy (non-hydrogen) atoms. The predicted octanol–water partition coefficient (Wildman–Crippen LogP) is 2.65. The molecule has 1 atom stereocenters. The van der Waals surface area contributed by atoms with Crippen LogP contribution in [0, 0.1) is 23.2 Å². The SMILES string of the molecule is CC(C)C(C#N)CN(C)c1ccc2c(c1)OCO2. The van der Waals surface area contributed by atoms with E-state index in [9.17, 15) is 0 Å². The molecule has 0 bridgehead atoms. The molecule has 0 aromatic heterocycles. The molecule has 0 fully saturated rings. The third-order valence-corrected chi connectivity index (χ3v) is 3.24. The van der Waals surface area contributed by atoms with E-state index in [0.29, 0.717) is 12.5 Å². The summed E-state index contributed by atoms with van der Waals surface area (Å²) >= 11 is 0. The lowest BCUT2D eigenvalue weighted by molar-refractivity contribution is 0.174. The van der Waals surface area contributed by atoms with Crippen LogP contribution in [0.15, 0.2) is 18.2 Å². The molecule has 96 valence electrons. The quantitative estimate of drug-likeness (QED) is 0.819. The molecule has 0 radical (unpaired) electrons. The summed E-state index contributed by atoms with van der Waals surface area (Å²) in [4.78, 5) is 2.08. The third-order valence-electron chi connectivity index (χ3n) is 3.24. The van der Waals surface area contributed by atoms with Crippen LogP contribution < -0.4 is 14.4 Å². The van der Waals surface area contributed by atoms with Crippen molar-refractivity contribution < 1.29 is 9.47 Å². The Labute approximate surface area is 108 Å². The summed E-state index contributed by atoms with van der Waals surface area (Å²) in [6, 6.07) is 8.21. The summed E-state index contributed by atoms with van der Waals surface area (Å²) in [5.74, 6) is 1.94. The zero-order valence-electron chi connectivity index (χ0n) is 11.0. The zero-order valence-corrected chi connectivity index (χ0v) is 11.0. The van der Waals surface area contributed by atoms with E-state index in [1.165, 1.54) is 0 Å². The number of hydrogen-bond donors (Lipinski definition) is 0. The van der Waals surface area contributed by atoms with Crippen molar-refractivity contribution in [3.8, 4) is 17.6 Å². The lowest BCUT2D eigenvalue weighted by Crippen LogP contribution is -2.27. The van der Waals surface area contributed by atoms with Gasteiger partial charge in [0.25, 0.3) is 0 Å². The van der Waals surface area contributed by atoms with Crippen molar-refractivity contribution in [1.82, 2.24) is 0 Å². The van der Waals surface area contributed by atoms with Crippen LogP contribution >= 0.6 is 0 Å². The fourth-order valence-corrected chi connectivity index (χ4v) is 1.92. The Balaban J connectivity index is 2.10. The molecule has 1 aromatic carbocycles. The molecule has 1 aromatic rings. The molecule has 0 amide bonds. The summed E-state index contributed by atoms with van der Waals surface area (Å²) in [6.07, 6.45) is 0. The molecule has 1 heterocycles. The first-order chi connectivity index (χ1) is 8.61. The number of benzene rings is 1. The minimum Gasteiger partial charge on any atom is -0.454 e. The summed E-state index contributed by atoms with van der Waals surface area (Å²) in [7, 11) is 1.99. The summed E-state index contributed by atoms with van der Waals surface area (Å²) in [5.41, 5.74) is 1.04. The van der Waals surface area contributed by atoms with Crippen molar-refractivity contribution >= 4 is 5.69 Å². The average molecular weight is 246 g/mol. The largest absolute Gasteiger partial charge is 0.454 e. The van der Waals surface area contributed by atoms with E-state index in [-0.39, 0.29) is 12.7 Å². The molecule has 0 aliphatic carbocycles. The van der Waals surface area contributed by atoms with Crippen molar-refractivity contribution in [3.05, 3.63) is 18.2 Å². The molecule has 1 aliphatic heterocycles. The van der Waals surface area contributed by atoms with Crippen LogP contribution in [0.1, 0.15) is 13.8 Å². The Morgan fingerprint density at radius 3 is 2.72 bits per heavy atom. The molecule has 1 unspecified atom stereocenters. The van der Waals surface area contributed by atoms with E-state index in [0.717, 1.165) is 17.2 Å². The highest BCUT2D eigenvalue weighted by atomic mass is 16.7. The van der Waals surface area contributed by atoms with E-state index in [2.05, 4.69) is 24.8 Å². The maximum absolute atomic E-state index is 9.13. The normalized spacial score (nSPS) is 14.4. The number of hydrogen-bond acceptors (Lipinski definition) is 4. The van der Waals surface area contributed by atoms with Crippen molar-refractivity contribution in [2.24, 2.45) is 11.8 Å². The first kappa shape index (κ1) is 12.6. The molecule has 4 heteroatoms. The fraction of sp³-hybridized carbons (Fsp3) is 0.500. The third kappa shape index (κ3) is 2.51. The molecular formula is C14H18N2O2. The van der Waals surface area contributed by atoms with E-state index < -0.39 is 0 Å². The van der Waals surface area contributed by atoms with E-state index >= 15 is 0 Å². The summed E-state index contributed by atoms with van der Waals surface area (Å²) in [6.45, 7) is 5.14. The monoisotopic (exact) mass is 246 g/mol. The van der Waals surface area contributed by atoms with Gasteiger partial charge in [0.15, 0.2) is 11.5 Å². The second kappa shape index (κ2) is 5.18. The molecule has 4 nitrogen and oxygen atoms in total. The number of nitriles is 1. The average Bonchev–Trinajstić information content (AvgIpc) is 2.82. The first-order valence-corrected chi connectivity index (χ1v) is 6.12. The molecule has 1 aliphatic rings. The molecule has 0 saturated carbocycles. The fourth-order valence-electron chi connectivity index (χ4n) is 1.92. The van der Waals surface area contributed by atoms with Gasteiger partial charge in [-0.05, 0) is 18.1 Å². The van der Waals surface area contributed by atoms with Crippen LogP contribution in [0.3, 0.4) is 0 Å². The maximum Gasteiger partial charge on any atom is 0.231 e. The minimum atomic E-state index is 0.0282. The molecule has 0 spiro atoms. The van der Waals surface area contributed by atoms with Gasteiger partial charge in [-0.3, -0.25) is 0 Å². The Kier molecular flexibility index (Phi) is 3.61. The number of ether oxygens (including phenoxy) is 2. The Bertz CT molecular complexity index is 465. The van der Waals surface area contributed by atoms with Crippen LogP contribution in [-0.4, -0.2) is 20.4 Å². The van der Waals surface area contributed by atoms with Gasteiger partial charge in [-0.1, -0.05) is 13.8 Å². The standard InChI is InChI=1S/C14H18N2O2/c1-10(2)11(7-15)8-16(3)12-4-5-13-14(6-12)18-9-17-13/h4-6,10-11H,8-9H2,1-3H3. The van der Waals surface area contributed by atoms with Crippen LogP contribution in [0.5, 0.6) is 11.5 Å². The van der Waals surface area contributed by atoms with Gasteiger partial charge in [0.05, 0.1) is 12.0 Å². The first-order valence-electron chi connectivity index (χ1n) is 6.12. The van der Waals surface area contributed by atoms with Crippen LogP contribution in [0.25, 0.3) is 0 Å². The minimum absolute atomic E-state index is 0.0282. The molecular weight excluding hydrogens is 228 g/mol. The predicted molar refractivity (Wildman–Crippen MR) is 69.8 cm³/mol. The van der Waals surface area contributed by atoms with Crippen molar-refractivity contribution in [2.75, 3.05) is 25.3 Å². The second-order valence-electron chi connectivity index (χ2n) is 4.90. The molecule has 2 rings (SSSR count). The van der Waals surface area contributed by atoms with Crippen molar-refractivity contribution in [1.29, 1.82) is 5.26 Å². The second-order valence-corrected chi connectivity index (χ2v) is 4.90. The van der Waals surface area contributed by atoms with Gasteiger partial charge >= 0.3 is 0 Å². The molecule has 0 saturated heterocycles. The number of nitrogens with zero attached hydrogens (tertiary/aromatic N) is 2. The number of rotatable bonds is 4. The van der Waals surface area contributed by atoms with Gasteiger partial charge in [-0.25, -0.2) is 0 Å². The topological polar surface area (TPSA) is 45.5 Å². The van der Waals surface area contributed by atoms with Crippen LogP contribution in [-0.2, 0) is 0 Å². The highest BCUT2D eigenvalue weighted by molar-refractivity contribution is 5.56. The Morgan fingerprint density at radius 1 is 1.33 bits per heavy atom. The lowest BCUT2D eigenvalue weighted by Gasteiger charge is -2.24. The lowest BCUT2D eigenvalue weighted by atomic mass is 9.97. The van der Waals surface area contributed by atoms with Crippen LogP contribution in [0.4, 0.5) is 5.69 Å². The van der Waals surface area contributed by atoms with Gasteiger partial charge < -0.3 is 14.4 Å².